The van der Waals surface area contributed by atoms with Crippen molar-refractivity contribution >= 4 is 18.0 Å². The van der Waals surface area contributed by atoms with Crippen molar-refractivity contribution in [3.8, 4) is 0 Å². The summed E-state index contributed by atoms with van der Waals surface area (Å²) < 4.78 is 9.54. The fourth-order valence-corrected chi connectivity index (χ4v) is 6.09. The van der Waals surface area contributed by atoms with Crippen LogP contribution in [0.15, 0.2) is 0 Å². The molecule has 330 valence electrons. The Labute approximate surface area is 342 Å². The standard InChI is InChI=1S/C7H16N2.C7H15N.C6H14N2.C5H10N2O.C5H12N2.2C5H9NO2/c1-8-4-3-5-9(2)7-6-8;1-8-6-4-2-3-5-7-8;1-7-3-5-8(2)6-4-7;1-7-4-2-3-6-5(7)8;1-7-4-2-6-3-5-7;1-6-2-3-8-4-5(6)7;1-6-3-2-4-8-5(6)7/h3-7H2,1-2H3;2-7H2,1H3;3-6H2,1-2H3;2-4H2,1H3,(H,6,8);6H,2-5H2,1H3;2*2-4H2,1H3. The predicted octanol–water partition coefficient (Wildman–Crippen LogP) is 1.10. The Morgan fingerprint density at radius 1 is 0.411 bits per heavy atom. The van der Waals surface area contributed by atoms with Gasteiger partial charge in [-0.2, -0.15) is 0 Å². The molecule has 7 fully saturated rings. The second-order valence-electron chi connectivity index (χ2n) is 16.1. The van der Waals surface area contributed by atoms with Gasteiger partial charge in [0.2, 0.25) is 5.91 Å². The van der Waals surface area contributed by atoms with Gasteiger partial charge in [-0.3, -0.25) is 4.79 Å². The summed E-state index contributed by atoms with van der Waals surface area (Å²) in [6.07, 6.45) is 8.88. The number of piperazine rings is 2. The van der Waals surface area contributed by atoms with E-state index in [0.717, 1.165) is 52.1 Å². The lowest BCUT2D eigenvalue weighted by molar-refractivity contribution is -0.140. The third-order valence-corrected chi connectivity index (χ3v) is 10.5. The van der Waals surface area contributed by atoms with Gasteiger partial charge in [0.05, 0.1) is 13.2 Å². The second-order valence-corrected chi connectivity index (χ2v) is 16.1. The van der Waals surface area contributed by atoms with Crippen LogP contribution in [0.25, 0.3) is 0 Å². The molecule has 0 atom stereocenters. The fraction of sp³-hybridized carbons (Fsp3) is 0.925. The topological polar surface area (TPSA) is 123 Å². The van der Waals surface area contributed by atoms with Gasteiger partial charge in [-0.25, -0.2) is 9.59 Å². The van der Waals surface area contributed by atoms with Crippen LogP contribution in [0.4, 0.5) is 9.59 Å². The normalized spacial score (nSPS) is 23.7. The molecule has 2 N–H and O–H groups in total. The van der Waals surface area contributed by atoms with Crippen LogP contribution in [0.1, 0.15) is 44.9 Å². The second kappa shape index (κ2) is 32.6. The number of nitrogens with zero attached hydrogens (tertiary/aromatic N) is 9. The van der Waals surface area contributed by atoms with Crippen molar-refractivity contribution < 1.29 is 23.9 Å². The van der Waals surface area contributed by atoms with Gasteiger partial charge >= 0.3 is 12.1 Å². The Morgan fingerprint density at radius 2 is 0.875 bits per heavy atom. The van der Waals surface area contributed by atoms with Gasteiger partial charge in [-0.15, -0.1) is 0 Å². The van der Waals surface area contributed by atoms with Crippen LogP contribution in [0.5, 0.6) is 0 Å². The number of likely N-dealkylation sites (N-methyl/N-ethyl adjacent to an activating group) is 6. The predicted molar refractivity (Wildman–Crippen MR) is 229 cm³/mol. The summed E-state index contributed by atoms with van der Waals surface area (Å²) in [5.74, 6) is 0.0799. The number of rotatable bonds is 0. The quantitative estimate of drug-likeness (QED) is 0.365. The number of carbonyl (C=O) groups excluding carboxylic acids is 3. The van der Waals surface area contributed by atoms with Crippen molar-refractivity contribution in [1.29, 1.82) is 0 Å². The summed E-state index contributed by atoms with van der Waals surface area (Å²) in [4.78, 5) is 50.9. The summed E-state index contributed by atoms with van der Waals surface area (Å²) in [6.45, 7) is 22.1. The minimum absolute atomic E-state index is 0.0521. The molecule has 0 radical (unpaired) electrons. The Hall–Kier alpha value is -2.31. The monoisotopic (exact) mass is 800 g/mol. The molecule has 0 spiro atoms. The molecule has 7 saturated heterocycles. The van der Waals surface area contributed by atoms with Crippen LogP contribution in [0.2, 0.25) is 0 Å². The van der Waals surface area contributed by atoms with Crippen LogP contribution in [0, 0.1) is 0 Å². The molecule has 0 unspecified atom stereocenters. The first kappa shape index (κ1) is 51.7. The molecule has 7 aliphatic rings. The lowest BCUT2D eigenvalue weighted by Crippen LogP contribution is -2.43. The number of ether oxygens (including phenoxy) is 2. The molecule has 0 bridgehead atoms. The molecule has 0 saturated carbocycles. The fourth-order valence-electron chi connectivity index (χ4n) is 6.09. The van der Waals surface area contributed by atoms with Gasteiger partial charge in [-0.05, 0) is 101 Å². The van der Waals surface area contributed by atoms with Crippen LogP contribution in [-0.2, 0) is 14.3 Å². The van der Waals surface area contributed by atoms with E-state index in [0.29, 0.717) is 13.2 Å². The average molecular weight is 800 g/mol. The number of amides is 4. The Kier molecular flexibility index (Phi) is 30.1. The molecule has 16 nitrogen and oxygen atoms in total. The van der Waals surface area contributed by atoms with Crippen molar-refractivity contribution in [2.75, 3.05) is 201 Å². The van der Waals surface area contributed by atoms with E-state index < -0.39 is 0 Å². The Balaban J connectivity index is 0.000000327. The molecule has 0 aliphatic carbocycles. The molecule has 7 heterocycles. The maximum atomic E-state index is 10.6. The van der Waals surface area contributed by atoms with Crippen molar-refractivity contribution in [3.05, 3.63) is 0 Å². The molecule has 7 rings (SSSR count). The summed E-state index contributed by atoms with van der Waals surface area (Å²) >= 11 is 0. The van der Waals surface area contributed by atoms with E-state index in [1.807, 2.05) is 0 Å². The number of morpholine rings is 1. The number of hydrogen-bond acceptors (Lipinski definition) is 12. The van der Waals surface area contributed by atoms with Gasteiger partial charge in [0.15, 0.2) is 0 Å². The van der Waals surface area contributed by atoms with E-state index >= 15 is 0 Å². The molecule has 4 amide bonds. The zero-order valence-corrected chi connectivity index (χ0v) is 37.4. The van der Waals surface area contributed by atoms with Gasteiger partial charge in [-0.1, -0.05) is 12.8 Å². The Morgan fingerprint density at radius 3 is 1.23 bits per heavy atom. The molecule has 56 heavy (non-hydrogen) atoms. The van der Waals surface area contributed by atoms with Crippen LogP contribution in [-0.4, -0.2) is 263 Å². The van der Waals surface area contributed by atoms with Crippen LogP contribution in [0.3, 0.4) is 0 Å². The largest absolute Gasteiger partial charge is 0.449 e. The Bertz CT molecular complexity index is 912. The minimum Gasteiger partial charge on any atom is -0.449 e. The lowest BCUT2D eigenvalue weighted by Gasteiger charge is -2.28. The van der Waals surface area contributed by atoms with Crippen molar-refractivity contribution in [3.63, 3.8) is 0 Å². The smallest absolute Gasteiger partial charge is 0.409 e. The van der Waals surface area contributed by atoms with Crippen molar-refractivity contribution in [2.24, 2.45) is 0 Å². The molecule has 0 aromatic rings. The first-order valence-corrected chi connectivity index (χ1v) is 21.3. The summed E-state index contributed by atoms with van der Waals surface area (Å²) in [7, 11) is 18.4. The number of cyclic esters (lactones) is 1. The maximum absolute atomic E-state index is 10.6. The zero-order valence-electron chi connectivity index (χ0n) is 37.4. The molecular formula is C40H85N11O5. The highest BCUT2D eigenvalue weighted by Crippen LogP contribution is 2.06. The third-order valence-electron chi connectivity index (χ3n) is 10.5. The van der Waals surface area contributed by atoms with E-state index in [1.165, 1.54) is 111 Å². The van der Waals surface area contributed by atoms with E-state index in [2.05, 4.69) is 87.1 Å². The number of likely N-dealkylation sites (tertiary alicyclic amines) is 1. The molecule has 0 aromatic heterocycles. The van der Waals surface area contributed by atoms with Gasteiger partial charge in [0.1, 0.15) is 6.61 Å². The number of carbonyl (C=O) groups is 3. The average Bonchev–Trinajstić information content (AvgIpc) is 3.55. The van der Waals surface area contributed by atoms with Crippen molar-refractivity contribution in [2.45, 2.75) is 44.9 Å². The number of nitrogens with one attached hydrogen (secondary N) is 2. The SMILES string of the molecule is CN1CCCCCC1.CN1CCCN(C)CC1.CN1CCCNC1=O.CN1CCCOC1=O.CN1CCN(C)CC1.CN1CCNCC1.CN1CCOCC1=O. The van der Waals surface area contributed by atoms with Gasteiger partial charge < -0.3 is 64.2 Å². The summed E-state index contributed by atoms with van der Waals surface area (Å²) in [5, 5.41) is 5.99. The molecule has 0 aromatic carbocycles. The first-order chi connectivity index (χ1) is 26.8. The van der Waals surface area contributed by atoms with Crippen LogP contribution >= 0.6 is 0 Å². The number of urea groups is 1. The minimum atomic E-state index is -0.198. The number of hydrogen-bond donors (Lipinski definition) is 2. The lowest BCUT2D eigenvalue weighted by atomic mass is 10.2. The van der Waals surface area contributed by atoms with Crippen molar-refractivity contribution in [1.82, 2.24) is 54.7 Å². The third kappa shape index (κ3) is 28.1. The first-order valence-electron chi connectivity index (χ1n) is 21.3. The molecule has 16 heteroatoms. The highest BCUT2D eigenvalue weighted by atomic mass is 16.6. The zero-order chi connectivity index (χ0) is 41.6. The van der Waals surface area contributed by atoms with E-state index in [9.17, 15) is 14.4 Å². The molecule has 7 aliphatic heterocycles. The summed E-state index contributed by atoms with van der Waals surface area (Å²) in [5.41, 5.74) is 0. The van der Waals surface area contributed by atoms with Gasteiger partial charge in [0.25, 0.3) is 0 Å². The van der Waals surface area contributed by atoms with E-state index in [-0.39, 0.29) is 24.6 Å². The maximum Gasteiger partial charge on any atom is 0.409 e. The summed E-state index contributed by atoms with van der Waals surface area (Å²) in [6, 6.07) is 0.0521. The highest BCUT2D eigenvalue weighted by Gasteiger charge is 2.14. The van der Waals surface area contributed by atoms with Crippen LogP contribution < -0.4 is 10.6 Å². The highest BCUT2D eigenvalue weighted by molar-refractivity contribution is 5.77. The molecular weight excluding hydrogens is 715 g/mol. The van der Waals surface area contributed by atoms with E-state index in [1.54, 1.807) is 35.8 Å². The van der Waals surface area contributed by atoms with Gasteiger partial charge in [0, 0.05) is 113 Å². The van der Waals surface area contributed by atoms with E-state index in [4.69, 9.17) is 4.74 Å².